The average molecular weight is 429 g/mol. The van der Waals surface area contributed by atoms with Gasteiger partial charge in [-0.05, 0) is 46.8 Å². The number of hydrogen-bond acceptors (Lipinski definition) is 8. The van der Waals surface area contributed by atoms with Gasteiger partial charge >= 0.3 is 0 Å². The van der Waals surface area contributed by atoms with Gasteiger partial charge in [-0.15, -0.1) is 0 Å². The third-order valence-corrected chi connectivity index (χ3v) is 4.34. The molecule has 0 spiro atoms. The van der Waals surface area contributed by atoms with E-state index < -0.39 is 0 Å². The molecule has 0 fully saturated rings. The molecule has 158 valence electrons. The van der Waals surface area contributed by atoms with E-state index in [1.165, 1.54) is 17.5 Å². The van der Waals surface area contributed by atoms with Crippen molar-refractivity contribution < 1.29 is 19.0 Å². The van der Waals surface area contributed by atoms with Crippen LogP contribution in [-0.4, -0.2) is 33.1 Å². The van der Waals surface area contributed by atoms with Crippen LogP contribution in [0.2, 0.25) is 0 Å². The first-order valence-corrected chi connectivity index (χ1v) is 10.3. The van der Waals surface area contributed by atoms with Crippen LogP contribution >= 0.6 is 11.3 Å². The second-order valence-corrected chi connectivity index (χ2v) is 8.00. The van der Waals surface area contributed by atoms with Crippen LogP contribution in [0.4, 0.5) is 5.13 Å². The molecule has 3 rings (SSSR count). The number of benzene rings is 1. The van der Waals surface area contributed by atoms with Gasteiger partial charge < -0.3 is 14.2 Å². The van der Waals surface area contributed by atoms with E-state index in [4.69, 9.17) is 14.2 Å². The van der Waals surface area contributed by atoms with Crippen LogP contribution < -0.4 is 19.5 Å². The number of anilines is 1. The Labute approximate surface area is 179 Å². The predicted octanol–water partition coefficient (Wildman–Crippen LogP) is 4.86. The quantitative estimate of drug-likeness (QED) is 0.547. The molecule has 0 radical (unpaired) electrons. The number of rotatable bonds is 8. The third kappa shape index (κ3) is 6.15. The van der Waals surface area contributed by atoms with Crippen LogP contribution in [-0.2, 0) is 0 Å². The highest BCUT2D eigenvalue weighted by molar-refractivity contribution is 7.17. The van der Waals surface area contributed by atoms with Gasteiger partial charge in [0.05, 0.1) is 18.4 Å². The standard InChI is InChI=1S/C21H24N4O4S/c1-12(2)27-16-8-15(9-17(10-16)28-13(3)4)20(26)25-21-23-11-19(30-21)29-18-6-7-22-14(5)24-18/h6-13H,1-5H3,(H,23,25,26). The predicted molar refractivity (Wildman–Crippen MR) is 115 cm³/mol. The maximum atomic E-state index is 12.8. The fourth-order valence-corrected chi connectivity index (χ4v) is 3.18. The lowest BCUT2D eigenvalue weighted by Gasteiger charge is -2.15. The van der Waals surface area contributed by atoms with Crippen molar-refractivity contribution in [3.05, 3.63) is 48.0 Å². The fourth-order valence-electron chi connectivity index (χ4n) is 2.51. The summed E-state index contributed by atoms with van der Waals surface area (Å²) in [7, 11) is 0. The minimum atomic E-state index is -0.323. The normalized spacial score (nSPS) is 10.9. The molecule has 9 heteroatoms. The van der Waals surface area contributed by atoms with Gasteiger partial charge in [0.15, 0.2) is 5.13 Å². The highest BCUT2D eigenvalue weighted by Gasteiger charge is 2.15. The summed E-state index contributed by atoms with van der Waals surface area (Å²) in [6.07, 6.45) is 3.09. The number of thiazole rings is 1. The maximum absolute atomic E-state index is 12.8. The van der Waals surface area contributed by atoms with Crippen molar-refractivity contribution in [3.63, 3.8) is 0 Å². The molecule has 0 atom stereocenters. The molecule has 0 aliphatic heterocycles. The third-order valence-electron chi connectivity index (χ3n) is 3.55. The van der Waals surface area contributed by atoms with E-state index in [1.807, 2.05) is 27.7 Å². The zero-order chi connectivity index (χ0) is 21.7. The molecule has 0 unspecified atom stereocenters. The molecule has 2 heterocycles. The molecule has 1 N–H and O–H groups in total. The molecule has 3 aromatic rings. The summed E-state index contributed by atoms with van der Waals surface area (Å²) >= 11 is 1.20. The molecule has 0 aliphatic rings. The summed E-state index contributed by atoms with van der Waals surface area (Å²) in [5.41, 5.74) is 0.410. The molecular formula is C21H24N4O4S. The van der Waals surface area contributed by atoms with Gasteiger partial charge in [0, 0.05) is 23.9 Å². The molecule has 30 heavy (non-hydrogen) atoms. The van der Waals surface area contributed by atoms with Gasteiger partial charge in [-0.1, -0.05) is 11.3 Å². The summed E-state index contributed by atoms with van der Waals surface area (Å²) in [5, 5.41) is 3.69. The topological polar surface area (TPSA) is 95.5 Å². The minimum absolute atomic E-state index is 0.0284. The van der Waals surface area contributed by atoms with E-state index in [1.54, 1.807) is 37.4 Å². The number of nitrogens with zero attached hydrogens (tertiary/aromatic N) is 3. The van der Waals surface area contributed by atoms with Crippen molar-refractivity contribution in [2.45, 2.75) is 46.8 Å². The Morgan fingerprint density at radius 1 is 1.03 bits per heavy atom. The Morgan fingerprint density at radius 2 is 1.70 bits per heavy atom. The Kier molecular flexibility index (Phi) is 6.83. The molecular weight excluding hydrogens is 404 g/mol. The molecule has 0 bridgehead atoms. The smallest absolute Gasteiger partial charge is 0.257 e. The van der Waals surface area contributed by atoms with Crippen molar-refractivity contribution >= 4 is 22.4 Å². The van der Waals surface area contributed by atoms with Crippen molar-refractivity contribution in [2.24, 2.45) is 0 Å². The molecule has 1 aromatic carbocycles. The SMILES string of the molecule is Cc1nccc(Oc2cnc(NC(=O)c3cc(OC(C)C)cc(OC(C)C)c3)s2)n1. The number of carbonyl (C=O) groups excluding carboxylic acids is 1. The van der Waals surface area contributed by atoms with Crippen LogP contribution in [0.1, 0.15) is 43.9 Å². The van der Waals surface area contributed by atoms with E-state index in [0.717, 1.165) is 0 Å². The number of hydrogen-bond donors (Lipinski definition) is 1. The number of nitrogens with one attached hydrogen (secondary N) is 1. The zero-order valence-electron chi connectivity index (χ0n) is 17.5. The van der Waals surface area contributed by atoms with Crippen LogP contribution in [0.15, 0.2) is 36.7 Å². The van der Waals surface area contributed by atoms with Gasteiger partial charge in [-0.3, -0.25) is 10.1 Å². The minimum Gasteiger partial charge on any atom is -0.491 e. The Balaban J connectivity index is 1.74. The molecule has 2 aromatic heterocycles. The van der Waals surface area contributed by atoms with Gasteiger partial charge in [0.1, 0.15) is 17.3 Å². The van der Waals surface area contributed by atoms with E-state index in [0.29, 0.717) is 39.0 Å². The van der Waals surface area contributed by atoms with Crippen LogP contribution in [0.25, 0.3) is 0 Å². The lowest BCUT2D eigenvalue weighted by molar-refractivity contribution is 0.102. The van der Waals surface area contributed by atoms with Crippen LogP contribution in [0.3, 0.4) is 0 Å². The van der Waals surface area contributed by atoms with Crippen LogP contribution in [0, 0.1) is 6.92 Å². The Bertz CT molecular complexity index is 991. The highest BCUT2D eigenvalue weighted by Crippen LogP contribution is 2.30. The lowest BCUT2D eigenvalue weighted by atomic mass is 10.2. The van der Waals surface area contributed by atoms with Gasteiger partial charge in [0.2, 0.25) is 10.9 Å². The number of carbonyl (C=O) groups is 1. The summed E-state index contributed by atoms with van der Waals surface area (Å²) < 4.78 is 17.2. The Hall–Kier alpha value is -3.20. The Morgan fingerprint density at radius 3 is 2.30 bits per heavy atom. The first kappa shape index (κ1) is 21.5. The first-order chi connectivity index (χ1) is 14.3. The lowest BCUT2D eigenvalue weighted by Crippen LogP contribution is -2.14. The van der Waals surface area contributed by atoms with E-state index in [9.17, 15) is 4.79 Å². The van der Waals surface area contributed by atoms with E-state index >= 15 is 0 Å². The van der Waals surface area contributed by atoms with Crippen molar-refractivity contribution in [1.82, 2.24) is 15.0 Å². The van der Waals surface area contributed by atoms with Crippen molar-refractivity contribution in [3.8, 4) is 22.4 Å². The molecule has 0 saturated carbocycles. The van der Waals surface area contributed by atoms with Crippen molar-refractivity contribution in [2.75, 3.05) is 5.32 Å². The first-order valence-electron chi connectivity index (χ1n) is 9.51. The molecule has 0 saturated heterocycles. The molecule has 0 aliphatic carbocycles. The van der Waals surface area contributed by atoms with Gasteiger partial charge in [0.25, 0.3) is 5.91 Å². The molecule has 1 amide bonds. The van der Waals surface area contributed by atoms with E-state index in [-0.39, 0.29) is 18.1 Å². The average Bonchev–Trinajstić information content (AvgIpc) is 3.07. The number of aryl methyl sites for hydroxylation is 1. The number of amides is 1. The number of aromatic nitrogens is 3. The van der Waals surface area contributed by atoms with Crippen LogP contribution in [0.5, 0.6) is 22.4 Å². The summed E-state index contributed by atoms with van der Waals surface area (Å²) in [4.78, 5) is 25.2. The largest absolute Gasteiger partial charge is 0.491 e. The maximum Gasteiger partial charge on any atom is 0.257 e. The summed E-state index contributed by atoms with van der Waals surface area (Å²) in [6, 6.07) is 6.78. The van der Waals surface area contributed by atoms with Crippen molar-refractivity contribution in [1.29, 1.82) is 0 Å². The second-order valence-electron chi connectivity index (χ2n) is 7.01. The zero-order valence-corrected chi connectivity index (χ0v) is 18.3. The van der Waals surface area contributed by atoms with E-state index in [2.05, 4.69) is 20.3 Å². The van der Waals surface area contributed by atoms with Gasteiger partial charge in [-0.2, -0.15) is 4.98 Å². The second kappa shape index (κ2) is 9.53. The summed E-state index contributed by atoms with van der Waals surface area (Å²) in [6.45, 7) is 9.47. The summed E-state index contributed by atoms with van der Waals surface area (Å²) in [5.74, 6) is 1.83. The molecule has 8 nitrogen and oxygen atoms in total. The number of ether oxygens (including phenoxy) is 3. The van der Waals surface area contributed by atoms with Gasteiger partial charge in [-0.25, -0.2) is 9.97 Å². The fraction of sp³-hybridized carbons (Fsp3) is 0.333. The highest BCUT2D eigenvalue weighted by atomic mass is 32.1. The monoisotopic (exact) mass is 428 g/mol.